The Morgan fingerprint density at radius 3 is 2.29 bits per heavy atom. The van der Waals surface area contributed by atoms with Gasteiger partial charge < -0.3 is 5.32 Å². The van der Waals surface area contributed by atoms with Crippen LogP contribution in [0.1, 0.15) is 26.2 Å². The van der Waals surface area contributed by atoms with Gasteiger partial charge in [-0.05, 0) is 19.4 Å². The van der Waals surface area contributed by atoms with Crippen LogP contribution in [0.3, 0.4) is 0 Å². The van der Waals surface area contributed by atoms with Gasteiger partial charge in [0.05, 0.1) is 16.8 Å². The smallest absolute Gasteiger partial charge is 0.155 e. The molecule has 1 rings (SSSR count). The maximum Gasteiger partial charge on any atom is 0.155 e. The average Bonchev–Trinajstić information content (AvgIpc) is 2.63. The highest BCUT2D eigenvalue weighted by atomic mass is 32.2. The zero-order chi connectivity index (χ0) is 13.1. The Kier molecular flexibility index (Phi) is 4.97. The van der Waals surface area contributed by atoms with Crippen molar-refractivity contribution in [3.63, 3.8) is 0 Å². The number of hydrogen-bond donors (Lipinski definition) is 1. The van der Waals surface area contributed by atoms with E-state index in [9.17, 15) is 16.8 Å². The number of nitrogens with one attached hydrogen (secondary N) is 1. The predicted octanol–water partition coefficient (Wildman–Crippen LogP) is -0.0236. The van der Waals surface area contributed by atoms with Crippen LogP contribution in [0.5, 0.6) is 0 Å². The van der Waals surface area contributed by atoms with Crippen molar-refractivity contribution in [3.8, 4) is 0 Å². The van der Waals surface area contributed by atoms with Crippen LogP contribution in [0, 0.1) is 0 Å². The molecule has 0 aliphatic heterocycles. The van der Waals surface area contributed by atoms with Gasteiger partial charge in [-0.2, -0.15) is 0 Å². The van der Waals surface area contributed by atoms with E-state index in [-0.39, 0.29) is 17.5 Å². The van der Waals surface area contributed by atoms with E-state index in [0.717, 1.165) is 25.6 Å². The van der Waals surface area contributed by atoms with E-state index in [2.05, 4.69) is 5.32 Å². The highest BCUT2D eigenvalue weighted by molar-refractivity contribution is 7.95. The topological polar surface area (TPSA) is 80.3 Å². The van der Waals surface area contributed by atoms with Crippen LogP contribution in [0.4, 0.5) is 0 Å². The van der Waals surface area contributed by atoms with Crippen molar-refractivity contribution in [2.24, 2.45) is 0 Å². The summed E-state index contributed by atoms with van der Waals surface area (Å²) in [5.74, 6) is -0.525. The Bertz CT molecular complexity index is 441. The van der Waals surface area contributed by atoms with Gasteiger partial charge in [0.2, 0.25) is 0 Å². The summed E-state index contributed by atoms with van der Waals surface area (Å²) in [6, 6.07) is -0.00967. The molecule has 0 saturated heterocycles. The lowest BCUT2D eigenvalue weighted by Crippen LogP contribution is -2.41. The minimum absolute atomic E-state index is 0.00967. The molecule has 1 aliphatic rings. The van der Waals surface area contributed by atoms with Crippen LogP contribution >= 0.6 is 0 Å². The van der Waals surface area contributed by atoms with Crippen LogP contribution in [-0.4, -0.2) is 52.4 Å². The molecule has 2 unspecified atom stereocenters. The van der Waals surface area contributed by atoms with Gasteiger partial charge in [0.25, 0.3) is 0 Å². The summed E-state index contributed by atoms with van der Waals surface area (Å²) >= 11 is 0. The van der Waals surface area contributed by atoms with E-state index in [0.29, 0.717) is 6.42 Å². The SMILES string of the molecule is CCNC1CCCC1S(=O)(=O)CCS(C)(=O)=O. The Labute approximate surface area is 104 Å². The minimum atomic E-state index is -3.31. The number of rotatable bonds is 6. The minimum Gasteiger partial charge on any atom is -0.313 e. The van der Waals surface area contributed by atoms with Gasteiger partial charge in [0, 0.05) is 12.3 Å². The van der Waals surface area contributed by atoms with Crippen molar-refractivity contribution in [1.29, 1.82) is 0 Å². The fourth-order valence-corrected chi connectivity index (χ4v) is 5.97. The second-order valence-electron chi connectivity index (χ2n) is 4.63. The maximum absolute atomic E-state index is 12.1. The summed E-state index contributed by atoms with van der Waals surface area (Å²) in [7, 11) is -6.52. The summed E-state index contributed by atoms with van der Waals surface area (Å²) < 4.78 is 46.2. The van der Waals surface area contributed by atoms with Crippen LogP contribution in [-0.2, 0) is 19.7 Å². The van der Waals surface area contributed by atoms with E-state index in [1.165, 1.54) is 0 Å². The van der Waals surface area contributed by atoms with Crippen molar-refractivity contribution in [3.05, 3.63) is 0 Å². The molecule has 0 heterocycles. The van der Waals surface area contributed by atoms with Gasteiger partial charge >= 0.3 is 0 Å². The summed E-state index contributed by atoms with van der Waals surface area (Å²) in [6.45, 7) is 2.68. The summed E-state index contributed by atoms with van der Waals surface area (Å²) in [6.07, 6.45) is 3.46. The molecule has 1 saturated carbocycles. The first-order valence-electron chi connectivity index (χ1n) is 5.89. The lowest BCUT2D eigenvalue weighted by atomic mass is 10.2. The van der Waals surface area contributed by atoms with Crippen molar-refractivity contribution in [2.75, 3.05) is 24.3 Å². The summed E-state index contributed by atoms with van der Waals surface area (Å²) in [5.41, 5.74) is 0. The molecule has 102 valence electrons. The largest absolute Gasteiger partial charge is 0.313 e. The monoisotopic (exact) mass is 283 g/mol. The van der Waals surface area contributed by atoms with Crippen molar-refractivity contribution < 1.29 is 16.8 Å². The number of hydrogen-bond acceptors (Lipinski definition) is 5. The number of sulfone groups is 2. The van der Waals surface area contributed by atoms with Crippen molar-refractivity contribution >= 4 is 19.7 Å². The molecule has 0 bridgehead atoms. The fourth-order valence-electron chi connectivity index (χ4n) is 2.27. The van der Waals surface area contributed by atoms with Crippen LogP contribution in [0.15, 0.2) is 0 Å². The quantitative estimate of drug-likeness (QED) is 0.741. The Morgan fingerprint density at radius 2 is 1.76 bits per heavy atom. The van der Waals surface area contributed by atoms with E-state index >= 15 is 0 Å². The molecular weight excluding hydrogens is 262 g/mol. The lowest BCUT2D eigenvalue weighted by molar-refractivity contribution is 0.517. The highest BCUT2D eigenvalue weighted by Crippen LogP contribution is 2.26. The Hall–Kier alpha value is -0.140. The zero-order valence-electron chi connectivity index (χ0n) is 10.3. The van der Waals surface area contributed by atoms with E-state index in [1.807, 2.05) is 6.92 Å². The first-order valence-corrected chi connectivity index (χ1v) is 9.66. The van der Waals surface area contributed by atoms with Gasteiger partial charge in [-0.3, -0.25) is 0 Å². The molecule has 0 amide bonds. The molecule has 1 N–H and O–H groups in total. The summed E-state index contributed by atoms with van der Waals surface area (Å²) in [4.78, 5) is 0. The average molecular weight is 283 g/mol. The first kappa shape index (κ1) is 14.9. The van der Waals surface area contributed by atoms with E-state index in [4.69, 9.17) is 0 Å². The third kappa shape index (κ3) is 4.56. The first-order chi connectivity index (χ1) is 7.76. The molecular formula is C10H21NO4S2. The maximum atomic E-state index is 12.1. The van der Waals surface area contributed by atoms with Gasteiger partial charge in [0.15, 0.2) is 9.84 Å². The molecule has 1 aliphatic carbocycles. The second kappa shape index (κ2) is 5.67. The van der Waals surface area contributed by atoms with Gasteiger partial charge in [0.1, 0.15) is 9.84 Å². The molecule has 0 spiro atoms. The molecule has 7 heteroatoms. The van der Waals surface area contributed by atoms with Crippen LogP contribution < -0.4 is 5.32 Å². The normalized spacial score (nSPS) is 26.2. The van der Waals surface area contributed by atoms with Crippen LogP contribution in [0.25, 0.3) is 0 Å². The van der Waals surface area contributed by atoms with E-state index in [1.54, 1.807) is 0 Å². The third-order valence-corrected chi connectivity index (χ3v) is 6.58. The Morgan fingerprint density at radius 1 is 1.12 bits per heavy atom. The summed E-state index contributed by atoms with van der Waals surface area (Å²) in [5, 5.41) is 2.76. The molecule has 0 radical (unpaired) electrons. The molecule has 0 aromatic heterocycles. The predicted molar refractivity (Wildman–Crippen MR) is 68.6 cm³/mol. The fraction of sp³-hybridized carbons (Fsp3) is 1.00. The molecule has 2 atom stereocenters. The molecule has 0 aromatic carbocycles. The zero-order valence-corrected chi connectivity index (χ0v) is 12.0. The van der Waals surface area contributed by atoms with E-state index < -0.39 is 24.9 Å². The third-order valence-electron chi connectivity index (χ3n) is 3.12. The lowest BCUT2D eigenvalue weighted by Gasteiger charge is -2.20. The molecule has 0 aromatic rings. The van der Waals surface area contributed by atoms with Crippen molar-refractivity contribution in [2.45, 2.75) is 37.5 Å². The van der Waals surface area contributed by atoms with Gasteiger partial charge in [-0.1, -0.05) is 13.3 Å². The molecule has 1 fully saturated rings. The van der Waals surface area contributed by atoms with Crippen molar-refractivity contribution in [1.82, 2.24) is 5.32 Å². The van der Waals surface area contributed by atoms with Gasteiger partial charge in [-0.25, -0.2) is 16.8 Å². The second-order valence-corrected chi connectivity index (χ2v) is 9.23. The highest BCUT2D eigenvalue weighted by Gasteiger charge is 2.36. The standard InChI is InChI=1S/C10H21NO4S2/c1-3-11-9-5-4-6-10(9)17(14,15)8-7-16(2,12)13/h9-11H,3-8H2,1-2H3. The van der Waals surface area contributed by atoms with Crippen LogP contribution in [0.2, 0.25) is 0 Å². The molecule has 5 nitrogen and oxygen atoms in total. The molecule has 17 heavy (non-hydrogen) atoms. The van der Waals surface area contributed by atoms with Gasteiger partial charge in [-0.15, -0.1) is 0 Å². The Balaban J connectivity index is 2.69.